The van der Waals surface area contributed by atoms with Gasteiger partial charge in [0.1, 0.15) is 0 Å². The molecule has 0 aromatic carbocycles. The minimum atomic E-state index is -3.35. The summed E-state index contributed by atoms with van der Waals surface area (Å²) in [5.74, 6) is 0.595. The Labute approximate surface area is 113 Å². The van der Waals surface area contributed by atoms with Crippen LogP contribution in [0.3, 0.4) is 0 Å². The molecule has 1 aliphatic heterocycles. The van der Waals surface area contributed by atoms with Gasteiger partial charge in [-0.25, -0.2) is 4.72 Å². The van der Waals surface area contributed by atoms with Crippen LogP contribution in [0.5, 0.6) is 0 Å². The molecule has 1 aromatic rings. The van der Waals surface area contributed by atoms with Gasteiger partial charge in [-0.1, -0.05) is 18.9 Å². The lowest BCUT2D eigenvalue weighted by molar-refractivity contribution is 0.364. The standard InChI is InChI=1S/C10H19N5O3S/c1-3-9-12-13-10(18-9)14-5-7-15(8-6-14)19(16,17)11-4-2/h11H,3-8H2,1-2H3. The minimum absolute atomic E-state index is 0.395. The van der Waals surface area contributed by atoms with E-state index in [0.717, 1.165) is 0 Å². The number of aryl methyl sites for hydroxylation is 1. The molecular weight excluding hydrogens is 270 g/mol. The first-order valence-electron chi connectivity index (χ1n) is 6.39. The molecule has 0 saturated carbocycles. The molecule has 2 rings (SSSR count). The molecule has 0 radical (unpaired) electrons. The summed E-state index contributed by atoms with van der Waals surface area (Å²) in [5.41, 5.74) is 0. The minimum Gasteiger partial charge on any atom is -0.408 e. The normalized spacial score (nSPS) is 17.9. The average Bonchev–Trinajstić information content (AvgIpc) is 2.87. The molecule has 0 bridgehead atoms. The van der Waals surface area contributed by atoms with Crippen LogP contribution in [0.4, 0.5) is 6.01 Å². The highest BCUT2D eigenvalue weighted by molar-refractivity contribution is 7.87. The van der Waals surface area contributed by atoms with Gasteiger partial charge in [-0.2, -0.15) is 12.7 Å². The lowest BCUT2D eigenvalue weighted by Crippen LogP contribution is -2.52. The van der Waals surface area contributed by atoms with Crippen molar-refractivity contribution in [1.29, 1.82) is 0 Å². The predicted octanol–water partition coefficient (Wildman–Crippen LogP) is -0.392. The summed E-state index contributed by atoms with van der Waals surface area (Å²) in [6.45, 7) is 6.03. The quantitative estimate of drug-likeness (QED) is 0.793. The molecule has 8 nitrogen and oxygen atoms in total. The van der Waals surface area contributed by atoms with Gasteiger partial charge in [-0.05, 0) is 0 Å². The number of anilines is 1. The van der Waals surface area contributed by atoms with Crippen LogP contribution in [-0.2, 0) is 16.6 Å². The van der Waals surface area contributed by atoms with Crippen LogP contribution in [0, 0.1) is 0 Å². The maximum atomic E-state index is 11.8. The second-order valence-corrected chi connectivity index (χ2v) is 5.98. The second-order valence-electron chi connectivity index (χ2n) is 4.22. The molecular formula is C10H19N5O3S. The molecule has 0 spiro atoms. The highest BCUT2D eigenvalue weighted by Crippen LogP contribution is 2.15. The van der Waals surface area contributed by atoms with E-state index in [-0.39, 0.29) is 0 Å². The molecule has 1 aromatic heterocycles. The van der Waals surface area contributed by atoms with E-state index in [1.165, 1.54) is 4.31 Å². The molecule has 108 valence electrons. The third-order valence-electron chi connectivity index (χ3n) is 2.93. The molecule has 0 amide bonds. The van der Waals surface area contributed by atoms with Crippen LogP contribution in [0.1, 0.15) is 19.7 Å². The molecule has 1 saturated heterocycles. The van der Waals surface area contributed by atoms with Gasteiger partial charge in [-0.3, -0.25) is 0 Å². The smallest absolute Gasteiger partial charge is 0.318 e. The molecule has 1 fully saturated rings. The van der Waals surface area contributed by atoms with Crippen LogP contribution in [0.2, 0.25) is 0 Å². The third kappa shape index (κ3) is 3.23. The maximum absolute atomic E-state index is 11.8. The molecule has 0 atom stereocenters. The zero-order chi connectivity index (χ0) is 13.9. The summed E-state index contributed by atoms with van der Waals surface area (Å²) in [4.78, 5) is 1.91. The number of hydrogen-bond donors (Lipinski definition) is 1. The number of hydrogen-bond acceptors (Lipinski definition) is 6. The Hall–Kier alpha value is -1.19. The van der Waals surface area contributed by atoms with Gasteiger partial charge < -0.3 is 9.32 Å². The van der Waals surface area contributed by atoms with E-state index in [0.29, 0.717) is 51.0 Å². The van der Waals surface area contributed by atoms with Crippen molar-refractivity contribution in [1.82, 2.24) is 19.2 Å². The Morgan fingerprint density at radius 3 is 2.42 bits per heavy atom. The van der Waals surface area contributed by atoms with E-state index in [1.807, 2.05) is 11.8 Å². The molecule has 9 heteroatoms. The zero-order valence-corrected chi connectivity index (χ0v) is 12.0. The van der Waals surface area contributed by atoms with Crippen molar-refractivity contribution < 1.29 is 12.8 Å². The van der Waals surface area contributed by atoms with Crippen molar-refractivity contribution in [3.05, 3.63) is 5.89 Å². The van der Waals surface area contributed by atoms with Gasteiger partial charge >= 0.3 is 6.01 Å². The summed E-state index contributed by atoms with van der Waals surface area (Å²) < 4.78 is 33.0. The van der Waals surface area contributed by atoms with E-state index in [4.69, 9.17) is 4.42 Å². The number of rotatable bonds is 5. The first-order chi connectivity index (χ1) is 9.06. The molecule has 0 unspecified atom stereocenters. The Morgan fingerprint density at radius 1 is 1.21 bits per heavy atom. The van der Waals surface area contributed by atoms with Crippen molar-refractivity contribution >= 4 is 16.2 Å². The maximum Gasteiger partial charge on any atom is 0.318 e. The van der Waals surface area contributed by atoms with Crippen molar-refractivity contribution in [3.63, 3.8) is 0 Å². The van der Waals surface area contributed by atoms with Crippen molar-refractivity contribution in [3.8, 4) is 0 Å². The van der Waals surface area contributed by atoms with E-state index in [1.54, 1.807) is 6.92 Å². The predicted molar refractivity (Wildman–Crippen MR) is 70.1 cm³/mol. The summed E-state index contributed by atoms with van der Waals surface area (Å²) in [6.07, 6.45) is 0.696. The van der Waals surface area contributed by atoms with Gasteiger partial charge in [0.25, 0.3) is 10.2 Å². The van der Waals surface area contributed by atoms with Crippen molar-refractivity contribution in [2.75, 3.05) is 37.6 Å². The summed E-state index contributed by atoms with van der Waals surface area (Å²) in [6, 6.07) is 0.470. The number of piperazine rings is 1. The summed E-state index contributed by atoms with van der Waals surface area (Å²) >= 11 is 0. The highest BCUT2D eigenvalue weighted by atomic mass is 32.2. The van der Waals surface area contributed by atoms with Crippen molar-refractivity contribution in [2.24, 2.45) is 0 Å². The van der Waals surface area contributed by atoms with Gasteiger partial charge in [0.2, 0.25) is 5.89 Å². The SMILES string of the molecule is CCNS(=O)(=O)N1CCN(c2nnc(CC)o2)CC1. The Bertz CT molecular complexity index is 507. The van der Waals surface area contributed by atoms with Crippen molar-refractivity contribution in [2.45, 2.75) is 20.3 Å². The van der Waals surface area contributed by atoms with E-state index in [2.05, 4.69) is 14.9 Å². The van der Waals surface area contributed by atoms with Gasteiger partial charge in [0.15, 0.2) is 0 Å². The first kappa shape index (κ1) is 14.2. The van der Waals surface area contributed by atoms with E-state index < -0.39 is 10.2 Å². The lowest BCUT2D eigenvalue weighted by atomic mass is 10.4. The third-order valence-corrected chi connectivity index (χ3v) is 4.63. The van der Waals surface area contributed by atoms with E-state index in [9.17, 15) is 8.42 Å². The highest BCUT2D eigenvalue weighted by Gasteiger charge is 2.28. The molecule has 1 aliphatic rings. The monoisotopic (exact) mass is 289 g/mol. The van der Waals surface area contributed by atoms with Gasteiger partial charge in [0, 0.05) is 39.1 Å². The second kappa shape index (κ2) is 5.85. The summed E-state index contributed by atoms with van der Waals surface area (Å²) in [7, 11) is -3.35. The number of aromatic nitrogens is 2. The fourth-order valence-electron chi connectivity index (χ4n) is 1.91. The van der Waals surface area contributed by atoms with Crippen LogP contribution in [0.15, 0.2) is 4.42 Å². The topological polar surface area (TPSA) is 91.6 Å². The Morgan fingerprint density at radius 2 is 1.89 bits per heavy atom. The molecule has 19 heavy (non-hydrogen) atoms. The summed E-state index contributed by atoms with van der Waals surface area (Å²) in [5, 5.41) is 7.86. The van der Waals surface area contributed by atoms with Gasteiger partial charge in [0.05, 0.1) is 0 Å². The lowest BCUT2D eigenvalue weighted by Gasteiger charge is -2.32. The van der Waals surface area contributed by atoms with Gasteiger partial charge in [-0.15, -0.1) is 5.10 Å². The van der Waals surface area contributed by atoms with Crippen LogP contribution in [-0.4, -0.2) is 55.6 Å². The van der Waals surface area contributed by atoms with Crippen LogP contribution < -0.4 is 9.62 Å². The fraction of sp³-hybridized carbons (Fsp3) is 0.800. The number of nitrogens with one attached hydrogen (secondary N) is 1. The zero-order valence-electron chi connectivity index (χ0n) is 11.2. The first-order valence-corrected chi connectivity index (χ1v) is 7.83. The molecule has 1 N–H and O–H groups in total. The number of nitrogens with zero attached hydrogens (tertiary/aromatic N) is 4. The van der Waals surface area contributed by atoms with E-state index >= 15 is 0 Å². The molecule has 2 heterocycles. The van der Waals surface area contributed by atoms with Crippen LogP contribution in [0.25, 0.3) is 0 Å². The van der Waals surface area contributed by atoms with Crippen LogP contribution >= 0.6 is 0 Å². The fourth-order valence-corrected chi connectivity index (χ4v) is 3.10. The Kier molecular flexibility index (Phi) is 4.38. The average molecular weight is 289 g/mol. The molecule has 0 aliphatic carbocycles. The largest absolute Gasteiger partial charge is 0.408 e. The Balaban J connectivity index is 1.95.